The van der Waals surface area contributed by atoms with Gasteiger partial charge in [0, 0.05) is 23.7 Å². The Balaban J connectivity index is 1.28. The summed E-state index contributed by atoms with van der Waals surface area (Å²) in [6, 6.07) is 21.1. The lowest BCUT2D eigenvalue weighted by molar-refractivity contribution is -0.137. The van der Waals surface area contributed by atoms with Gasteiger partial charge < -0.3 is 19.2 Å². The molecule has 0 fully saturated rings. The summed E-state index contributed by atoms with van der Waals surface area (Å²) >= 11 is 5.92. The van der Waals surface area contributed by atoms with Crippen LogP contribution in [0.3, 0.4) is 0 Å². The molecule has 1 aliphatic rings. The summed E-state index contributed by atoms with van der Waals surface area (Å²) in [5.41, 5.74) is 4.26. The molecule has 1 amide bonds. The molecule has 0 saturated carbocycles. The molecule has 0 N–H and O–H groups in total. The Hall–Kier alpha value is -3.51. The Morgan fingerprint density at radius 2 is 1.85 bits per heavy atom. The van der Waals surface area contributed by atoms with Crippen LogP contribution in [-0.2, 0) is 29.2 Å². The molecular formula is C26H25ClN2O4. The average molecular weight is 465 g/mol. The van der Waals surface area contributed by atoms with E-state index in [2.05, 4.69) is 17.3 Å². The van der Waals surface area contributed by atoms with Gasteiger partial charge in [-0.05, 0) is 53.4 Å². The molecule has 3 aromatic rings. The van der Waals surface area contributed by atoms with E-state index in [4.69, 9.17) is 25.9 Å². The Bertz CT molecular complexity index is 1130. The van der Waals surface area contributed by atoms with Crippen LogP contribution >= 0.6 is 11.6 Å². The molecule has 6 nitrogen and oxygen atoms in total. The van der Waals surface area contributed by atoms with E-state index >= 15 is 0 Å². The number of methoxy groups -OCH3 is 1. The lowest BCUT2D eigenvalue weighted by Gasteiger charge is -2.28. The van der Waals surface area contributed by atoms with Gasteiger partial charge in [-0.3, -0.25) is 4.79 Å². The molecule has 0 unspecified atom stereocenters. The lowest BCUT2D eigenvalue weighted by Crippen LogP contribution is -2.37. The van der Waals surface area contributed by atoms with Crippen LogP contribution in [-0.4, -0.2) is 37.3 Å². The first-order valence-corrected chi connectivity index (χ1v) is 11.1. The van der Waals surface area contributed by atoms with Crippen molar-refractivity contribution in [3.8, 4) is 11.5 Å². The van der Waals surface area contributed by atoms with Gasteiger partial charge in [0.2, 0.25) is 0 Å². The SMILES string of the molecule is COc1cc(/C=N\OCC(=O)N2CCc3ccccc3C2)ccc1OCc1ccc(Cl)cc1. The second-order valence-corrected chi connectivity index (χ2v) is 8.10. The minimum Gasteiger partial charge on any atom is -0.493 e. The second-order valence-electron chi connectivity index (χ2n) is 7.67. The molecule has 0 atom stereocenters. The number of oxime groups is 1. The van der Waals surface area contributed by atoms with Crippen LogP contribution in [0, 0.1) is 0 Å². The van der Waals surface area contributed by atoms with Crippen molar-refractivity contribution in [1.29, 1.82) is 0 Å². The van der Waals surface area contributed by atoms with Crippen molar-refractivity contribution in [3.05, 3.63) is 94.0 Å². The van der Waals surface area contributed by atoms with E-state index in [1.54, 1.807) is 24.3 Å². The number of nitrogens with zero attached hydrogens (tertiary/aromatic N) is 2. The molecule has 33 heavy (non-hydrogen) atoms. The van der Waals surface area contributed by atoms with Crippen LogP contribution in [0.2, 0.25) is 5.02 Å². The molecule has 4 rings (SSSR count). The summed E-state index contributed by atoms with van der Waals surface area (Å²) in [5, 5.41) is 4.63. The van der Waals surface area contributed by atoms with E-state index in [9.17, 15) is 4.79 Å². The Morgan fingerprint density at radius 1 is 1.06 bits per heavy atom. The fourth-order valence-corrected chi connectivity index (χ4v) is 3.74. The fourth-order valence-electron chi connectivity index (χ4n) is 3.62. The number of rotatable bonds is 8. The molecule has 0 saturated heterocycles. The van der Waals surface area contributed by atoms with Crippen molar-refractivity contribution in [2.45, 2.75) is 19.6 Å². The van der Waals surface area contributed by atoms with E-state index < -0.39 is 0 Å². The third-order valence-electron chi connectivity index (χ3n) is 5.44. The molecule has 1 heterocycles. The fraction of sp³-hybridized carbons (Fsp3) is 0.231. The van der Waals surface area contributed by atoms with Gasteiger partial charge in [-0.15, -0.1) is 0 Å². The van der Waals surface area contributed by atoms with E-state index in [0.29, 0.717) is 36.2 Å². The van der Waals surface area contributed by atoms with Crippen LogP contribution < -0.4 is 9.47 Å². The second kappa shape index (κ2) is 10.9. The highest BCUT2D eigenvalue weighted by atomic mass is 35.5. The minimum absolute atomic E-state index is 0.0785. The maximum absolute atomic E-state index is 12.5. The normalized spacial score (nSPS) is 13.0. The predicted molar refractivity (Wildman–Crippen MR) is 128 cm³/mol. The van der Waals surface area contributed by atoms with E-state index in [0.717, 1.165) is 17.5 Å². The number of halogens is 1. The van der Waals surface area contributed by atoms with Gasteiger partial charge in [-0.2, -0.15) is 0 Å². The Kier molecular flexibility index (Phi) is 7.47. The molecule has 0 aliphatic carbocycles. The number of fused-ring (bicyclic) bond motifs is 1. The van der Waals surface area contributed by atoms with Gasteiger partial charge in [0.1, 0.15) is 6.61 Å². The third kappa shape index (κ3) is 6.05. The molecule has 0 aromatic heterocycles. The molecule has 0 spiro atoms. The van der Waals surface area contributed by atoms with Gasteiger partial charge >= 0.3 is 0 Å². The predicted octanol–water partition coefficient (Wildman–Crippen LogP) is 4.86. The van der Waals surface area contributed by atoms with Crippen molar-refractivity contribution in [2.24, 2.45) is 5.16 Å². The van der Waals surface area contributed by atoms with Crippen molar-refractivity contribution < 1.29 is 19.1 Å². The van der Waals surface area contributed by atoms with Gasteiger partial charge in [0.25, 0.3) is 5.91 Å². The first-order valence-electron chi connectivity index (χ1n) is 10.7. The van der Waals surface area contributed by atoms with Gasteiger partial charge in [-0.1, -0.05) is 53.2 Å². The Morgan fingerprint density at radius 3 is 2.64 bits per heavy atom. The van der Waals surface area contributed by atoms with Crippen LogP contribution in [0.5, 0.6) is 11.5 Å². The maximum Gasteiger partial charge on any atom is 0.263 e. The van der Waals surface area contributed by atoms with Crippen molar-refractivity contribution in [2.75, 3.05) is 20.3 Å². The van der Waals surface area contributed by atoms with E-state index in [1.165, 1.54) is 11.1 Å². The summed E-state index contributed by atoms with van der Waals surface area (Å²) in [4.78, 5) is 19.5. The lowest BCUT2D eigenvalue weighted by atomic mass is 10.00. The zero-order valence-electron chi connectivity index (χ0n) is 18.4. The van der Waals surface area contributed by atoms with Gasteiger partial charge in [-0.25, -0.2) is 0 Å². The Labute approximate surface area is 198 Å². The highest BCUT2D eigenvalue weighted by Crippen LogP contribution is 2.28. The van der Waals surface area contributed by atoms with Crippen molar-refractivity contribution in [3.63, 3.8) is 0 Å². The van der Waals surface area contributed by atoms with E-state index in [1.807, 2.05) is 48.5 Å². The van der Waals surface area contributed by atoms with Crippen molar-refractivity contribution in [1.82, 2.24) is 4.90 Å². The van der Waals surface area contributed by atoms with Crippen LogP contribution in [0.4, 0.5) is 0 Å². The minimum atomic E-state index is -0.0991. The quantitative estimate of drug-likeness (QED) is 0.353. The maximum atomic E-state index is 12.5. The molecule has 3 aromatic carbocycles. The summed E-state index contributed by atoms with van der Waals surface area (Å²) in [7, 11) is 1.58. The highest BCUT2D eigenvalue weighted by molar-refractivity contribution is 6.30. The number of benzene rings is 3. The topological polar surface area (TPSA) is 60.4 Å². The highest BCUT2D eigenvalue weighted by Gasteiger charge is 2.20. The average Bonchev–Trinajstić information content (AvgIpc) is 2.86. The van der Waals surface area contributed by atoms with Crippen LogP contribution in [0.25, 0.3) is 0 Å². The van der Waals surface area contributed by atoms with Gasteiger partial charge in [0.15, 0.2) is 18.1 Å². The summed E-state index contributed by atoms with van der Waals surface area (Å²) in [5.74, 6) is 1.12. The number of carbonyl (C=O) groups excluding carboxylic acids is 1. The number of hydrogen-bond acceptors (Lipinski definition) is 5. The molecule has 7 heteroatoms. The van der Waals surface area contributed by atoms with E-state index in [-0.39, 0.29) is 12.5 Å². The third-order valence-corrected chi connectivity index (χ3v) is 5.69. The summed E-state index contributed by atoms with van der Waals surface area (Å²) in [6.45, 7) is 1.60. The summed E-state index contributed by atoms with van der Waals surface area (Å²) in [6.07, 6.45) is 2.40. The molecule has 0 bridgehead atoms. The largest absolute Gasteiger partial charge is 0.493 e. The molecule has 170 valence electrons. The molecular weight excluding hydrogens is 440 g/mol. The number of carbonyl (C=O) groups is 1. The molecule has 0 radical (unpaired) electrons. The standard InChI is InChI=1S/C26H25ClN2O4/c1-31-25-14-20(8-11-24(25)32-17-19-6-9-23(27)10-7-19)15-28-33-18-26(30)29-13-12-21-4-2-3-5-22(21)16-29/h2-11,14-15H,12-13,16-18H2,1H3/b28-15-. The smallest absolute Gasteiger partial charge is 0.263 e. The van der Waals surface area contributed by atoms with Gasteiger partial charge in [0.05, 0.1) is 13.3 Å². The zero-order valence-corrected chi connectivity index (χ0v) is 19.1. The van der Waals surface area contributed by atoms with Crippen LogP contribution in [0.1, 0.15) is 22.3 Å². The molecule has 1 aliphatic heterocycles. The summed E-state index contributed by atoms with van der Waals surface area (Å²) < 4.78 is 11.3. The van der Waals surface area contributed by atoms with Crippen LogP contribution in [0.15, 0.2) is 71.9 Å². The first kappa shape index (κ1) is 22.7. The number of ether oxygens (including phenoxy) is 2. The van der Waals surface area contributed by atoms with Crippen molar-refractivity contribution >= 4 is 23.7 Å². The first-order chi connectivity index (χ1) is 16.1. The zero-order chi connectivity index (χ0) is 23.0. The number of amides is 1. The monoisotopic (exact) mass is 464 g/mol. The number of hydrogen-bond donors (Lipinski definition) is 0.